The Hall–Kier alpha value is -0.460. The quantitative estimate of drug-likeness (QED) is 0.523. The first-order chi connectivity index (χ1) is 10.5. The summed E-state index contributed by atoms with van der Waals surface area (Å²) >= 11 is 1.85. The molecule has 1 aliphatic rings. The highest BCUT2D eigenvalue weighted by Gasteiger charge is 2.16. The molecule has 0 spiro atoms. The van der Waals surface area contributed by atoms with E-state index in [9.17, 15) is 0 Å². The van der Waals surface area contributed by atoms with Gasteiger partial charge in [0.25, 0.3) is 0 Å². The summed E-state index contributed by atoms with van der Waals surface area (Å²) in [5, 5.41) is 6.81. The lowest BCUT2D eigenvalue weighted by Gasteiger charge is -2.29. The largest absolute Gasteiger partial charge is 0.379 e. The summed E-state index contributed by atoms with van der Waals surface area (Å²) in [6.07, 6.45) is 2.14. The van der Waals surface area contributed by atoms with Crippen LogP contribution in [0.5, 0.6) is 0 Å². The summed E-state index contributed by atoms with van der Waals surface area (Å²) in [7, 11) is 0. The third kappa shape index (κ3) is 8.25. The van der Waals surface area contributed by atoms with Gasteiger partial charge in [-0.25, -0.2) is 0 Å². The Bertz CT molecular complexity index is 330. The van der Waals surface area contributed by atoms with Crippen molar-refractivity contribution in [2.45, 2.75) is 32.4 Å². The molecule has 1 heterocycles. The van der Waals surface area contributed by atoms with E-state index < -0.39 is 0 Å². The zero-order chi connectivity index (χ0) is 16.4. The lowest BCUT2D eigenvalue weighted by atomic mass is 10.1. The molecule has 0 aromatic rings. The van der Waals surface area contributed by atoms with E-state index in [0.717, 1.165) is 58.4 Å². The standard InChI is InChI=1S/C16H34N4OS/c1-6-17-15(19-13-16(3,4)22-5)18-11-14(2)12-20-7-9-21-10-8-20/h14H,6-13H2,1-5H3,(H2,17,18,19). The first-order valence-electron chi connectivity index (χ1n) is 8.34. The van der Waals surface area contributed by atoms with E-state index in [1.54, 1.807) is 0 Å². The first kappa shape index (κ1) is 19.6. The fraction of sp³-hybridized carbons (Fsp3) is 0.938. The molecule has 0 radical (unpaired) electrons. The third-order valence-corrected chi connectivity index (χ3v) is 5.04. The molecule has 5 nitrogen and oxygen atoms in total. The summed E-state index contributed by atoms with van der Waals surface area (Å²) in [4.78, 5) is 7.20. The maximum atomic E-state index is 5.40. The van der Waals surface area contributed by atoms with Gasteiger partial charge in [0.2, 0.25) is 0 Å². The topological polar surface area (TPSA) is 48.9 Å². The van der Waals surface area contributed by atoms with Crippen molar-refractivity contribution in [3.05, 3.63) is 0 Å². The molecule has 0 bridgehead atoms. The van der Waals surface area contributed by atoms with E-state index in [4.69, 9.17) is 9.73 Å². The van der Waals surface area contributed by atoms with Crippen LogP contribution < -0.4 is 10.6 Å². The van der Waals surface area contributed by atoms with Crippen molar-refractivity contribution in [1.82, 2.24) is 15.5 Å². The predicted molar refractivity (Wildman–Crippen MR) is 98.0 cm³/mol. The molecule has 130 valence electrons. The van der Waals surface area contributed by atoms with E-state index in [-0.39, 0.29) is 4.75 Å². The number of hydrogen-bond donors (Lipinski definition) is 2. The van der Waals surface area contributed by atoms with Gasteiger partial charge in [-0.3, -0.25) is 9.89 Å². The minimum absolute atomic E-state index is 0.182. The molecular formula is C16H34N4OS. The third-order valence-electron chi connectivity index (χ3n) is 3.81. The lowest BCUT2D eigenvalue weighted by molar-refractivity contribution is 0.0320. The van der Waals surface area contributed by atoms with Gasteiger partial charge in [0, 0.05) is 37.5 Å². The molecule has 22 heavy (non-hydrogen) atoms. The highest BCUT2D eigenvalue weighted by Crippen LogP contribution is 2.20. The van der Waals surface area contributed by atoms with Gasteiger partial charge in [0.1, 0.15) is 0 Å². The van der Waals surface area contributed by atoms with Crippen LogP contribution in [0.3, 0.4) is 0 Å². The Labute approximate surface area is 140 Å². The predicted octanol–water partition coefficient (Wildman–Crippen LogP) is 1.65. The smallest absolute Gasteiger partial charge is 0.191 e. The van der Waals surface area contributed by atoms with Gasteiger partial charge in [-0.1, -0.05) is 6.92 Å². The van der Waals surface area contributed by atoms with E-state index in [0.29, 0.717) is 5.92 Å². The van der Waals surface area contributed by atoms with E-state index >= 15 is 0 Å². The number of guanidine groups is 1. The molecule has 0 saturated carbocycles. The SMILES string of the molecule is CCNC(=NCC(C)(C)SC)NCC(C)CN1CCOCC1. The number of nitrogens with one attached hydrogen (secondary N) is 2. The van der Waals surface area contributed by atoms with Crippen LogP contribution in [0.2, 0.25) is 0 Å². The van der Waals surface area contributed by atoms with E-state index in [1.165, 1.54) is 0 Å². The molecule has 0 aromatic heterocycles. The van der Waals surface area contributed by atoms with Crippen LogP contribution in [0, 0.1) is 5.92 Å². The van der Waals surface area contributed by atoms with Crippen molar-refractivity contribution in [1.29, 1.82) is 0 Å². The average molecular weight is 331 g/mol. The summed E-state index contributed by atoms with van der Waals surface area (Å²) in [6, 6.07) is 0. The van der Waals surface area contributed by atoms with E-state index in [2.05, 4.69) is 49.5 Å². The zero-order valence-corrected chi connectivity index (χ0v) is 15.8. The Morgan fingerprint density at radius 1 is 1.32 bits per heavy atom. The van der Waals surface area contributed by atoms with Crippen LogP contribution in [0.15, 0.2) is 4.99 Å². The van der Waals surface area contributed by atoms with Crippen molar-refractivity contribution in [3.8, 4) is 0 Å². The van der Waals surface area contributed by atoms with Crippen LogP contribution in [-0.4, -0.2) is 74.3 Å². The average Bonchev–Trinajstić information content (AvgIpc) is 2.51. The summed E-state index contributed by atoms with van der Waals surface area (Å²) in [6.45, 7) is 16.5. The molecule has 1 aliphatic heterocycles. The van der Waals surface area contributed by atoms with Gasteiger partial charge >= 0.3 is 0 Å². The fourth-order valence-electron chi connectivity index (χ4n) is 2.24. The van der Waals surface area contributed by atoms with Gasteiger partial charge in [-0.15, -0.1) is 0 Å². The molecule has 0 aliphatic carbocycles. The minimum Gasteiger partial charge on any atom is -0.379 e. The second-order valence-electron chi connectivity index (χ2n) is 6.56. The number of morpholine rings is 1. The molecule has 1 saturated heterocycles. The van der Waals surface area contributed by atoms with Crippen LogP contribution in [0.1, 0.15) is 27.7 Å². The summed E-state index contributed by atoms with van der Waals surface area (Å²) < 4.78 is 5.58. The summed E-state index contributed by atoms with van der Waals surface area (Å²) in [5.41, 5.74) is 0. The Balaban J connectivity index is 2.37. The molecule has 0 aromatic carbocycles. The monoisotopic (exact) mass is 330 g/mol. The molecular weight excluding hydrogens is 296 g/mol. The van der Waals surface area contributed by atoms with Gasteiger partial charge in [0.05, 0.1) is 19.8 Å². The minimum atomic E-state index is 0.182. The number of ether oxygens (including phenoxy) is 1. The van der Waals surface area contributed by atoms with Crippen molar-refractivity contribution in [3.63, 3.8) is 0 Å². The van der Waals surface area contributed by atoms with Crippen LogP contribution in [-0.2, 0) is 4.74 Å². The van der Waals surface area contributed by atoms with Gasteiger partial charge in [-0.2, -0.15) is 11.8 Å². The Morgan fingerprint density at radius 3 is 2.59 bits per heavy atom. The number of aliphatic imine (C=N–C) groups is 1. The van der Waals surface area contributed by atoms with Gasteiger partial charge in [-0.05, 0) is 32.9 Å². The second-order valence-corrected chi connectivity index (χ2v) is 8.07. The number of hydrogen-bond acceptors (Lipinski definition) is 4. The van der Waals surface area contributed by atoms with E-state index in [1.807, 2.05) is 11.8 Å². The first-order valence-corrected chi connectivity index (χ1v) is 9.56. The number of nitrogens with zero attached hydrogens (tertiary/aromatic N) is 2. The highest BCUT2D eigenvalue weighted by molar-refractivity contribution is 7.99. The second kappa shape index (κ2) is 10.3. The number of thioether (sulfide) groups is 1. The van der Waals surface area contributed by atoms with Crippen molar-refractivity contribution >= 4 is 17.7 Å². The van der Waals surface area contributed by atoms with Crippen molar-refractivity contribution in [2.24, 2.45) is 10.9 Å². The molecule has 6 heteroatoms. The molecule has 1 rings (SSSR count). The summed E-state index contributed by atoms with van der Waals surface area (Å²) in [5.74, 6) is 1.52. The van der Waals surface area contributed by atoms with Gasteiger partial charge < -0.3 is 15.4 Å². The molecule has 0 amide bonds. The Morgan fingerprint density at radius 2 is 2.00 bits per heavy atom. The highest BCUT2D eigenvalue weighted by atomic mass is 32.2. The maximum Gasteiger partial charge on any atom is 0.191 e. The molecule has 1 fully saturated rings. The maximum absolute atomic E-state index is 5.40. The normalized spacial score (nSPS) is 19.0. The Kier molecular flexibility index (Phi) is 9.21. The van der Waals surface area contributed by atoms with Crippen molar-refractivity contribution < 1.29 is 4.74 Å². The molecule has 1 atom stereocenters. The van der Waals surface area contributed by atoms with Gasteiger partial charge in [0.15, 0.2) is 5.96 Å². The van der Waals surface area contributed by atoms with Crippen LogP contribution in [0.4, 0.5) is 0 Å². The van der Waals surface area contributed by atoms with Crippen molar-refractivity contribution in [2.75, 3.05) is 58.7 Å². The molecule has 1 unspecified atom stereocenters. The van der Waals surface area contributed by atoms with Crippen LogP contribution >= 0.6 is 11.8 Å². The molecule has 2 N–H and O–H groups in total. The zero-order valence-electron chi connectivity index (χ0n) is 14.9. The number of rotatable bonds is 8. The fourth-order valence-corrected chi connectivity index (χ4v) is 2.43. The van der Waals surface area contributed by atoms with Crippen LogP contribution in [0.25, 0.3) is 0 Å². The lowest BCUT2D eigenvalue weighted by Crippen LogP contribution is -2.44.